The second-order valence-electron chi connectivity index (χ2n) is 4.75. The van der Waals surface area contributed by atoms with E-state index in [4.69, 9.17) is 5.73 Å². The molecule has 0 amide bonds. The fraction of sp³-hybridized carbons (Fsp3) is 0.357. The van der Waals surface area contributed by atoms with E-state index >= 15 is 0 Å². The topological polar surface area (TPSA) is 67.9 Å². The SMILES string of the molecule is Nc1ncc(-c2ccncc2)nc1N1CCCCC1. The third-order valence-electron chi connectivity index (χ3n) is 3.41. The van der Waals surface area contributed by atoms with Gasteiger partial charge in [0.1, 0.15) is 0 Å². The van der Waals surface area contributed by atoms with Crippen molar-refractivity contribution < 1.29 is 0 Å². The Morgan fingerprint density at radius 1 is 1.05 bits per heavy atom. The number of nitrogens with zero attached hydrogens (tertiary/aromatic N) is 4. The van der Waals surface area contributed by atoms with Gasteiger partial charge in [0.25, 0.3) is 0 Å². The number of rotatable bonds is 2. The van der Waals surface area contributed by atoms with E-state index in [2.05, 4.69) is 19.9 Å². The number of pyridine rings is 1. The van der Waals surface area contributed by atoms with Crippen molar-refractivity contribution in [1.82, 2.24) is 15.0 Å². The fourth-order valence-corrected chi connectivity index (χ4v) is 2.39. The first-order valence-corrected chi connectivity index (χ1v) is 6.62. The summed E-state index contributed by atoms with van der Waals surface area (Å²) in [5.74, 6) is 1.33. The molecule has 1 saturated heterocycles. The number of anilines is 2. The maximum absolute atomic E-state index is 5.97. The van der Waals surface area contributed by atoms with Gasteiger partial charge in [-0.25, -0.2) is 9.97 Å². The number of nitrogen functional groups attached to an aromatic ring is 1. The van der Waals surface area contributed by atoms with E-state index < -0.39 is 0 Å². The summed E-state index contributed by atoms with van der Waals surface area (Å²) in [7, 11) is 0. The Morgan fingerprint density at radius 3 is 2.53 bits per heavy atom. The van der Waals surface area contributed by atoms with Crippen molar-refractivity contribution in [2.24, 2.45) is 0 Å². The summed E-state index contributed by atoms with van der Waals surface area (Å²) >= 11 is 0. The van der Waals surface area contributed by atoms with Crippen LogP contribution in [0.5, 0.6) is 0 Å². The minimum Gasteiger partial charge on any atom is -0.381 e. The lowest BCUT2D eigenvalue weighted by molar-refractivity contribution is 0.573. The zero-order valence-electron chi connectivity index (χ0n) is 10.8. The second-order valence-corrected chi connectivity index (χ2v) is 4.75. The quantitative estimate of drug-likeness (QED) is 0.890. The number of hydrogen-bond donors (Lipinski definition) is 1. The fourth-order valence-electron chi connectivity index (χ4n) is 2.39. The van der Waals surface area contributed by atoms with E-state index in [9.17, 15) is 0 Å². The molecule has 2 aromatic rings. The predicted molar refractivity (Wildman–Crippen MR) is 75.7 cm³/mol. The lowest BCUT2D eigenvalue weighted by Gasteiger charge is -2.28. The molecule has 3 heterocycles. The maximum Gasteiger partial charge on any atom is 0.172 e. The minimum atomic E-state index is 0.514. The van der Waals surface area contributed by atoms with E-state index in [1.54, 1.807) is 18.6 Å². The first kappa shape index (κ1) is 11.9. The van der Waals surface area contributed by atoms with Crippen molar-refractivity contribution in [3.05, 3.63) is 30.7 Å². The number of piperidine rings is 1. The van der Waals surface area contributed by atoms with Crippen LogP contribution in [0.3, 0.4) is 0 Å². The molecule has 0 saturated carbocycles. The Bertz CT molecular complexity index is 549. The van der Waals surface area contributed by atoms with Crippen molar-refractivity contribution in [2.45, 2.75) is 19.3 Å². The molecular weight excluding hydrogens is 238 g/mol. The molecule has 0 spiro atoms. The van der Waals surface area contributed by atoms with Gasteiger partial charge in [0.15, 0.2) is 11.6 Å². The summed E-state index contributed by atoms with van der Waals surface area (Å²) in [5, 5.41) is 0. The zero-order valence-corrected chi connectivity index (χ0v) is 10.8. The molecule has 98 valence electrons. The largest absolute Gasteiger partial charge is 0.381 e. The van der Waals surface area contributed by atoms with Gasteiger partial charge in [-0.2, -0.15) is 0 Å². The molecular formula is C14H17N5. The van der Waals surface area contributed by atoms with Crippen molar-refractivity contribution in [1.29, 1.82) is 0 Å². The first-order chi connectivity index (χ1) is 9.34. The van der Waals surface area contributed by atoms with Gasteiger partial charge in [-0.05, 0) is 31.4 Å². The summed E-state index contributed by atoms with van der Waals surface area (Å²) in [5.41, 5.74) is 7.83. The summed E-state index contributed by atoms with van der Waals surface area (Å²) < 4.78 is 0. The van der Waals surface area contributed by atoms with Crippen LogP contribution in [0.4, 0.5) is 11.6 Å². The van der Waals surface area contributed by atoms with Gasteiger partial charge in [-0.1, -0.05) is 0 Å². The van der Waals surface area contributed by atoms with Crippen molar-refractivity contribution in [3.8, 4) is 11.3 Å². The summed E-state index contributed by atoms with van der Waals surface area (Å²) in [6.07, 6.45) is 8.91. The Morgan fingerprint density at radius 2 is 1.79 bits per heavy atom. The number of aromatic nitrogens is 3. The van der Waals surface area contributed by atoms with E-state index in [1.165, 1.54) is 19.3 Å². The molecule has 5 heteroatoms. The highest BCUT2D eigenvalue weighted by Crippen LogP contribution is 2.25. The van der Waals surface area contributed by atoms with Crippen LogP contribution < -0.4 is 10.6 Å². The molecule has 3 rings (SSSR count). The van der Waals surface area contributed by atoms with Crippen LogP contribution in [0.25, 0.3) is 11.3 Å². The van der Waals surface area contributed by atoms with Gasteiger partial charge in [0.05, 0.1) is 11.9 Å². The Hall–Kier alpha value is -2.17. The highest BCUT2D eigenvalue weighted by Gasteiger charge is 2.16. The lowest BCUT2D eigenvalue weighted by atomic mass is 10.1. The van der Waals surface area contributed by atoms with E-state index in [-0.39, 0.29) is 0 Å². The van der Waals surface area contributed by atoms with Gasteiger partial charge in [-0.15, -0.1) is 0 Å². The molecule has 0 aromatic carbocycles. The van der Waals surface area contributed by atoms with Gasteiger partial charge < -0.3 is 10.6 Å². The smallest absolute Gasteiger partial charge is 0.172 e. The van der Waals surface area contributed by atoms with Crippen LogP contribution in [-0.2, 0) is 0 Å². The summed E-state index contributed by atoms with van der Waals surface area (Å²) in [6, 6.07) is 3.86. The Kier molecular flexibility index (Phi) is 3.27. The molecule has 5 nitrogen and oxygen atoms in total. The van der Waals surface area contributed by atoms with Crippen LogP contribution in [0.2, 0.25) is 0 Å². The van der Waals surface area contributed by atoms with Crippen LogP contribution in [0, 0.1) is 0 Å². The first-order valence-electron chi connectivity index (χ1n) is 6.62. The zero-order chi connectivity index (χ0) is 13.1. The molecule has 1 aliphatic rings. The molecule has 1 fully saturated rings. The van der Waals surface area contributed by atoms with Crippen LogP contribution >= 0.6 is 0 Å². The Labute approximate surface area is 112 Å². The lowest BCUT2D eigenvalue weighted by Crippen LogP contribution is -2.31. The van der Waals surface area contributed by atoms with Gasteiger partial charge in [-0.3, -0.25) is 4.98 Å². The van der Waals surface area contributed by atoms with Crippen LogP contribution in [-0.4, -0.2) is 28.0 Å². The molecule has 2 aromatic heterocycles. The standard InChI is InChI=1S/C14H17N5/c15-13-14(19-8-2-1-3-9-19)18-12(10-17-13)11-4-6-16-7-5-11/h4-7,10H,1-3,8-9H2,(H2,15,17). The highest BCUT2D eigenvalue weighted by atomic mass is 15.2. The summed E-state index contributed by atoms with van der Waals surface area (Å²) in [6.45, 7) is 2.03. The average molecular weight is 255 g/mol. The molecule has 0 bridgehead atoms. The molecule has 0 atom stereocenters. The number of hydrogen-bond acceptors (Lipinski definition) is 5. The molecule has 2 N–H and O–H groups in total. The second kappa shape index (κ2) is 5.22. The van der Waals surface area contributed by atoms with Crippen LogP contribution in [0.1, 0.15) is 19.3 Å². The maximum atomic E-state index is 5.97. The van der Waals surface area contributed by atoms with E-state index in [1.807, 2.05) is 12.1 Å². The normalized spacial score (nSPS) is 15.5. The molecule has 0 radical (unpaired) electrons. The molecule has 19 heavy (non-hydrogen) atoms. The van der Waals surface area contributed by atoms with Gasteiger partial charge >= 0.3 is 0 Å². The molecule has 1 aliphatic heterocycles. The van der Waals surface area contributed by atoms with Gasteiger partial charge in [0.2, 0.25) is 0 Å². The van der Waals surface area contributed by atoms with E-state index in [0.29, 0.717) is 5.82 Å². The third kappa shape index (κ3) is 2.50. The predicted octanol–water partition coefficient (Wildman–Crippen LogP) is 2.11. The monoisotopic (exact) mass is 255 g/mol. The Balaban J connectivity index is 1.96. The summed E-state index contributed by atoms with van der Waals surface area (Å²) in [4.78, 5) is 15.2. The van der Waals surface area contributed by atoms with Crippen molar-refractivity contribution in [3.63, 3.8) is 0 Å². The van der Waals surface area contributed by atoms with Gasteiger partial charge in [0, 0.05) is 31.0 Å². The average Bonchev–Trinajstić information content (AvgIpc) is 2.49. The minimum absolute atomic E-state index is 0.514. The van der Waals surface area contributed by atoms with Crippen molar-refractivity contribution in [2.75, 3.05) is 23.7 Å². The van der Waals surface area contributed by atoms with E-state index in [0.717, 1.165) is 30.2 Å². The molecule has 0 unspecified atom stereocenters. The number of nitrogens with two attached hydrogens (primary N) is 1. The third-order valence-corrected chi connectivity index (χ3v) is 3.41. The van der Waals surface area contributed by atoms with Crippen LogP contribution in [0.15, 0.2) is 30.7 Å². The molecule has 0 aliphatic carbocycles. The highest BCUT2D eigenvalue weighted by molar-refractivity contribution is 5.65. The van der Waals surface area contributed by atoms with Crippen molar-refractivity contribution >= 4 is 11.6 Å².